The lowest BCUT2D eigenvalue weighted by molar-refractivity contribution is -0.0366. The van der Waals surface area contributed by atoms with Gasteiger partial charge in [0.15, 0.2) is 0 Å². The zero-order valence-corrected chi connectivity index (χ0v) is 12.6. The number of aryl methyl sites for hydroxylation is 1. The lowest BCUT2D eigenvalue weighted by Gasteiger charge is -2.33. The van der Waals surface area contributed by atoms with Crippen LogP contribution in [0.4, 0.5) is 0 Å². The molecule has 4 rings (SSSR count). The van der Waals surface area contributed by atoms with E-state index in [1.165, 1.54) is 21.6 Å². The van der Waals surface area contributed by atoms with Crippen LogP contribution in [-0.2, 0) is 18.4 Å². The monoisotopic (exact) mass is 284 g/mol. The van der Waals surface area contributed by atoms with Crippen LogP contribution in [0.5, 0.6) is 0 Å². The molecule has 0 amide bonds. The lowest BCUT2D eigenvalue weighted by atomic mass is 9.80. The van der Waals surface area contributed by atoms with Crippen LogP contribution in [0, 0.1) is 18.8 Å². The molecular formula is C18H20OS. The van der Waals surface area contributed by atoms with E-state index in [1.807, 2.05) is 0 Å². The molecule has 2 atom stereocenters. The van der Waals surface area contributed by atoms with Crippen molar-refractivity contribution in [2.45, 2.75) is 38.2 Å². The highest BCUT2D eigenvalue weighted by Crippen LogP contribution is 2.54. The number of rotatable bonds is 1. The molecule has 20 heavy (non-hydrogen) atoms. The van der Waals surface area contributed by atoms with Crippen LogP contribution in [-0.4, -0.2) is 5.11 Å². The highest BCUT2D eigenvalue weighted by atomic mass is 32.1. The van der Waals surface area contributed by atoms with E-state index in [4.69, 9.17) is 0 Å². The van der Waals surface area contributed by atoms with Crippen molar-refractivity contribution in [3.8, 4) is 0 Å². The second-order valence-corrected chi connectivity index (χ2v) is 7.32. The van der Waals surface area contributed by atoms with Gasteiger partial charge in [-0.3, -0.25) is 0 Å². The van der Waals surface area contributed by atoms with E-state index >= 15 is 0 Å². The standard InChI is InChI=1S/C18H20OS/c1-12-8-9-20-17(12)18(19)15-6-7-16(18)11-14-5-3-2-4-13(14)10-15/h2-5,8-9,15-16,19H,6-7,10-11H2,1H3. The maximum atomic E-state index is 11.6. The van der Waals surface area contributed by atoms with E-state index in [2.05, 4.69) is 42.6 Å². The maximum Gasteiger partial charge on any atom is 0.105 e. The number of fused-ring (bicyclic) bond motifs is 3. The number of hydrogen-bond donors (Lipinski definition) is 1. The Labute approximate surface area is 124 Å². The van der Waals surface area contributed by atoms with Gasteiger partial charge >= 0.3 is 0 Å². The average Bonchev–Trinajstić information content (AvgIpc) is 2.94. The smallest absolute Gasteiger partial charge is 0.105 e. The second-order valence-electron chi connectivity index (χ2n) is 6.41. The molecule has 2 unspecified atom stereocenters. The molecule has 2 aliphatic carbocycles. The van der Waals surface area contributed by atoms with Gasteiger partial charge < -0.3 is 5.11 Å². The van der Waals surface area contributed by atoms with Crippen molar-refractivity contribution in [3.63, 3.8) is 0 Å². The van der Waals surface area contributed by atoms with Crippen molar-refractivity contribution in [1.29, 1.82) is 0 Å². The van der Waals surface area contributed by atoms with E-state index in [0.717, 1.165) is 25.7 Å². The van der Waals surface area contributed by atoms with Gasteiger partial charge in [0.25, 0.3) is 0 Å². The summed E-state index contributed by atoms with van der Waals surface area (Å²) in [6.07, 6.45) is 4.38. The molecule has 0 radical (unpaired) electrons. The molecule has 104 valence electrons. The minimum absolute atomic E-state index is 0.383. The molecule has 0 aliphatic heterocycles. The van der Waals surface area contributed by atoms with E-state index in [9.17, 15) is 5.11 Å². The molecule has 0 saturated heterocycles. The summed E-state index contributed by atoms with van der Waals surface area (Å²) in [5.74, 6) is 0.766. The van der Waals surface area contributed by atoms with E-state index in [0.29, 0.717) is 11.8 Å². The fourth-order valence-corrected chi connectivity index (χ4v) is 5.52. The van der Waals surface area contributed by atoms with Crippen LogP contribution in [0.3, 0.4) is 0 Å². The van der Waals surface area contributed by atoms with Crippen LogP contribution >= 0.6 is 11.3 Å². The summed E-state index contributed by atoms with van der Waals surface area (Å²) in [5.41, 5.74) is 3.57. The van der Waals surface area contributed by atoms with Crippen LogP contribution in [0.1, 0.15) is 34.4 Å². The molecular weight excluding hydrogens is 264 g/mol. The first-order valence-corrected chi connectivity index (χ1v) is 8.41. The van der Waals surface area contributed by atoms with E-state index in [-0.39, 0.29) is 0 Å². The molecule has 1 saturated carbocycles. The Morgan fingerprint density at radius 1 is 1.05 bits per heavy atom. The fourth-order valence-electron chi connectivity index (χ4n) is 4.33. The summed E-state index contributed by atoms with van der Waals surface area (Å²) >= 11 is 1.74. The van der Waals surface area contributed by atoms with Gasteiger partial charge in [0.2, 0.25) is 0 Å². The van der Waals surface area contributed by atoms with Gasteiger partial charge in [-0.2, -0.15) is 0 Å². The molecule has 1 aromatic carbocycles. The molecule has 0 spiro atoms. The van der Waals surface area contributed by atoms with Gasteiger partial charge in [0.05, 0.1) is 0 Å². The molecule has 2 heteroatoms. The van der Waals surface area contributed by atoms with Crippen molar-refractivity contribution in [2.24, 2.45) is 11.8 Å². The van der Waals surface area contributed by atoms with Gasteiger partial charge in [0.1, 0.15) is 5.60 Å². The Balaban J connectivity index is 1.83. The normalized spacial score (nSPS) is 31.9. The van der Waals surface area contributed by atoms with Crippen LogP contribution in [0.15, 0.2) is 35.7 Å². The first kappa shape index (κ1) is 12.6. The van der Waals surface area contributed by atoms with Crippen molar-refractivity contribution >= 4 is 11.3 Å². The maximum absolute atomic E-state index is 11.6. The lowest BCUT2D eigenvalue weighted by Crippen LogP contribution is -2.37. The molecule has 1 nitrogen and oxygen atoms in total. The summed E-state index contributed by atoms with van der Waals surface area (Å²) in [6.45, 7) is 2.14. The Bertz CT molecular complexity index is 609. The van der Waals surface area contributed by atoms with Gasteiger partial charge in [0, 0.05) is 4.88 Å². The highest BCUT2D eigenvalue weighted by molar-refractivity contribution is 7.10. The predicted molar refractivity (Wildman–Crippen MR) is 83.0 cm³/mol. The number of benzene rings is 1. The minimum atomic E-state index is -0.600. The third kappa shape index (κ3) is 1.64. The largest absolute Gasteiger partial charge is 0.384 e. The quantitative estimate of drug-likeness (QED) is 0.837. The van der Waals surface area contributed by atoms with Gasteiger partial charge in [-0.1, -0.05) is 24.3 Å². The van der Waals surface area contributed by atoms with E-state index < -0.39 is 5.60 Å². The zero-order valence-electron chi connectivity index (χ0n) is 11.8. The summed E-state index contributed by atoms with van der Waals surface area (Å²) in [6, 6.07) is 10.9. The third-order valence-corrected chi connectivity index (χ3v) is 6.54. The van der Waals surface area contributed by atoms with Gasteiger partial charge in [-0.15, -0.1) is 11.3 Å². The summed E-state index contributed by atoms with van der Waals surface area (Å²) in [7, 11) is 0. The Kier molecular flexibility index (Phi) is 2.80. The van der Waals surface area contributed by atoms with Crippen LogP contribution in [0.2, 0.25) is 0 Å². The van der Waals surface area contributed by atoms with Crippen LogP contribution in [0.25, 0.3) is 0 Å². The second kappa shape index (κ2) is 4.44. The number of aliphatic hydroxyl groups is 1. The number of thiophene rings is 1. The molecule has 2 bridgehead atoms. The predicted octanol–water partition coefficient (Wildman–Crippen LogP) is 4.07. The molecule has 2 aliphatic rings. The summed E-state index contributed by atoms with van der Waals surface area (Å²) in [4.78, 5) is 1.22. The molecule has 1 aromatic heterocycles. The Hall–Kier alpha value is -1.12. The first-order chi connectivity index (χ1) is 9.69. The fraction of sp³-hybridized carbons (Fsp3) is 0.444. The van der Waals surface area contributed by atoms with E-state index in [1.54, 1.807) is 11.3 Å². The molecule has 1 heterocycles. The van der Waals surface area contributed by atoms with Gasteiger partial charge in [-0.05, 0) is 72.6 Å². The first-order valence-electron chi connectivity index (χ1n) is 7.53. The SMILES string of the molecule is Cc1ccsc1C1(O)C2CCC1Cc1ccccc1C2. The highest BCUT2D eigenvalue weighted by Gasteiger charge is 2.52. The summed E-state index contributed by atoms with van der Waals surface area (Å²) < 4.78 is 0. The Morgan fingerprint density at radius 3 is 2.15 bits per heavy atom. The van der Waals surface area contributed by atoms with Crippen molar-refractivity contribution in [1.82, 2.24) is 0 Å². The molecule has 1 fully saturated rings. The van der Waals surface area contributed by atoms with Gasteiger partial charge in [-0.25, -0.2) is 0 Å². The van der Waals surface area contributed by atoms with Crippen LogP contribution < -0.4 is 0 Å². The molecule has 2 aromatic rings. The third-order valence-electron chi connectivity index (χ3n) is 5.39. The number of hydrogen-bond acceptors (Lipinski definition) is 2. The topological polar surface area (TPSA) is 20.2 Å². The van der Waals surface area contributed by atoms with Crippen molar-refractivity contribution < 1.29 is 5.11 Å². The molecule has 1 N–H and O–H groups in total. The zero-order chi connectivity index (χ0) is 13.7. The Morgan fingerprint density at radius 2 is 1.65 bits per heavy atom. The average molecular weight is 284 g/mol. The van der Waals surface area contributed by atoms with Crippen molar-refractivity contribution in [2.75, 3.05) is 0 Å². The summed E-state index contributed by atoms with van der Waals surface area (Å²) in [5, 5.41) is 13.7. The minimum Gasteiger partial charge on any atom is -0.384 e. The van der Waals surface area contributed by atoms with Crippen molar-refractivity contribution in [3.05, 3.63) is 57.3 Å².